The standard InChI is InChI=1S/C20H25N5O2/c1-24-20-19(21-8-9-22-20)18(23-24)14-5-4-10-25(12-14)13-15-11-16(26-2)6-7-17(15)27-3/h6-9,11,14H,4-5,10,12-13H2,1-3H3/t14-/m0/s1. The van der Waals surface area contributed by atoms with E-state index < -0.39 is 0 Å². The van der Waals surface area contributed by atoms with Crippen LogP contribution in [0.3, 0.4) is 0 Å². The number of aromatic nitrogens is 4. The van der Waals surface area contributed by atoms with E-state index in [0.29, 0.717) is 5.92 Å². The van der Waals surface area contributed by atoms with Gasteiger partial charge in [-0.2, -0.15) is 5.10 Å². The Morgan fingerprint density at radius 3 is 2.81 bits per heavy atom. The first kappa shape index (κ1) is 17.7. The van der Waals surface area contributed by atoms with Crippen LogP contribution in [0.4, 0.5) is 0 Å². The van der Waals surface area contributed by atoms with Crippen LogP contribution < -0.4 is 9.47 Å². The molecule has 0 unspecified atom stereocenters. The number of aryl methyl sites for hydroxylation is 1. The molecule has 1 saturated heterocycles. The van der Waals surface area contributed by atoms with Crippen molar-refractivity contribution in [2.75, 3.05) is 27.3 Å². The van der Waals surface area contributed by atoms with Crippen LogP contribution >= 0.6 is 0 Å². The molecule has 2 aromatic heterocycles. The summed E-state index contributed by atoms with van der Waals surface area (Å²) in [6.07, 6.45) is 5.72. The normalized spacial score (nSPS) is 18.0. The maximum absolute atomic E-state index is 5.54. The Balaban J connectivity index is 1.57. The fraction of sp³-hybridized carbons (Fsp3) is 0.450. The van der Waals surface area contributed by atoms with Gasteiger partial charge in [-0.3, -0.25) is 4.90 Å². The van der Waals surface area contributed by atoms with E-state index in [1.54, 1.807) is 26.6 Å². The number of piperidine rings is 1. The first-order valence-corrected chi connectivity index (χ1v) is 9.26. The molecule has 4 rings (SSSR count). The van der Waals surface area contributed by atoms with Crippen molar-refractivity contribution in [2.45, 2.75) is 25.3 Å². The maximum atomic E-state index is 5.54. The lowest BCUT2D eigenvalue weighted by Gasteiger charge is -2.32. The summed E-state index contributed by atoms with van der Waals surface area (Å²) in [6, 6.07) is 5.96. The smallest absolute Gasteiger partial charge is 0.176 e. The third-order valence-corrected chi connectivity index (χ3v) is 5.26. The summed E-state index contributed by atoms with van der Waals surface area (Å²) >= 11 is 0. The minimum atomic E-state index is 0.357. The van der Waals surface area contributed by atoms with Crippen molar-refractivity contribution in [3.63, 3.8) is 0 Å². The Labute approximate surface area is 158 Å². The van der Waals surface area contributed by atoms with E-state index in [1.807, 2.05) is 23.9 Å². The minimum Gasteiger partial charge on any atom is -0.497 e. The van der Waals surface area contributed by atoms with Crippen LogP contribution in [0.1, 0.15) is 30.0 Å². The molecule has 0 amide bonds. The molecule has 142 valence electrons. The van der Waals surface area contributed by atoms with Gasteiger partial charge in [-0.25, -0.2) is 14.6 Å². The van der Waals surface area contributed by atoms with Gasteiger partial charge in [0.15, 0.2) is 5.65 Å². The number of ether oxygens (including phenoxy) is 2. The van der Waals surface area contributed by atoms with Gasteiger partial charge in [0.25, 0.3) is 0 Å². The van der Waals surface area contributed by atoms with Crippen molar-refractivity contribution in [3.05, 3.63) is 41.9 Å². The highest BCUT2D eigenvalue weighted by Gasteiger charge is 2.27. The molecule has 27 heavy (non-hydrogen) atoms. The predicted molar refractivity (Wildman–Crippen MR) is 103 cm³/mol. The number of rotatable bonds is 5. The first-order chi connectivity index (χ1) is 13.2. The van der Waals surface area contributed by atoms with E-state index in [2.05, 4.69) is 20.9 Å². The van der Waals surface area contributed by atoms with Crippen molar-refractivity contribution in [3.8, 4) is 11.5 Å². The van der Waals surface area contributed by atoms with E-state index in [9.17, 15) is 0 Å². The van der Waals surface area contributed by atoms with Crippen molar-refractivity contribution < 1.29 is 9.47 Å². The molecule has 0 aliphatic carbocycles. The Hall–Kier alpha value is -2.67. The van der Waals surface area contributed by atoms with Crippen LogP contribution in [0, 0.1) is 0 Å². The monoisotopic (exact) mass is 367 g/mol. The summed E-state index contributed by atoms with van der Waals surface area (Å²) < 4.78 is 12.8. The molecule has 1 atom stereocenters. The highest BCUT2D eigenvalue weighted by atomic mass is 16.5. The number of nitrogens with zero attached hydrogens (tertiary/aromatic N) is 5. The van der Waals surface area contributed by atoms with Gasteiger partial charge in [-0.15, -0.1) is 0 Å². The van der Waals surface area contributed by atoms with Gasteiger partial charge in [-0.1, -0.05) is 0 Å². The molecule has 0 bridgehead atoms. The summed E-state index contributed by atoms with van der Waals surface area (Å²) in [5.74, 6) is 2.10. The number of benzene rings is 1. The number of likely N-dealkylation sites (tertiary alicyclic amines) is 1. The molecule has 1 aromatic carbocycles. The lowest BCUT2D eigenvalue weighted by Crippen LogP contribution is -2.34. The zero-order valence-electron chi connectivity index (χ0n) is 16.1. The van der Waals surface area contributed by atoms with Gasteiger partial charge < -0.3 is 9.47 Å². The lowest BCUT2D eigenvalue weighted by molar-refractivity contribution is 0.196. The fourth-order valence-corrected chi connectivity index (χ4v) is 3.95. The average molecular weight is 367 g/mol. The van der Waals surface area contributed by atoms with Crippen LogP contribution in [0.5, 0.6) is 11.5 Å². The van der Waals surface area contributed by atoms with Crippen LogP contribution in [-0.4, -0.2) is 52.0 Å². The zero-order chi connectivity index (χ0) is 18.8. The molecule has 1 fully saturated rings. The molecule has 0 spiro atoms. The molecular formula is C20H25N5O2. The van der Waals surface area contributed by atoms with Crippen LogP contribution in [-0.2, 0) is 13.6 Å². The van der Waals surface area contributed by atoms with E-state index in [4.69, 9.17) is 14.6 Å². The van der Waals surface area contributed by atoms with Crippen LogP contribution in [0.25, 0.3) is 11.2 Å². The van der Waals surface area contributed by atoms with Crippen LogP contribution in [0.2, 0.25) is 0 Å². The molecule has 0 N–H and O–H groups in total. The van der Waals surface area contributed by atoms with E-state index in [1.165, 1.54) is 0 Å². The molecule has 0 radical (unpaired) electrons. The summed E-state index contributed by atoms with van der Waals surface area (Å²) in [4.78, 5) is 11.4. The first-order valence-electron chi connectivity index (χ1n) is 9.26. The molecule has 0 saturated carbocycles. The molecular weight excluding hydrogens is 342 g/mol. The molecule has 7 nitrogen and oxygen atoms in total. The predicted octanol–water partition coefficient (Wildman–Crippen LogP) is 2.76. The van der Waals surface area contributed by atoms with Gasteiger partial charge in [0, 0.05) is 44.0 Å². The molecule has 1 aliphatic rings. The molecule has 7 heteroatoms. The van der Waals surface area contributed by atoms with Crippen molar-refractivity contribution in [1.29, 1.82) is 0 Å². The largest absolute Gasteiger partial charge is 0.497 e. The van der Waals surface area contributed by atoms with Crippen molar-refractivity contribution in [2.24, 2.45) is 7.05 Å². The summed E-state index contributed by atoms with van der Waals surface area (Å²) in [6.45, 7) is 2.84. The second-order valence-corrected chi connectivity index (χ2v) is 6.99. The Morgan fingerprint density at radius 2 is 2.00 bits per heavy atom. The van der Waals surface area contributed by atoms with Crippen molar-refractivity contribution in [1.82, 2.24) is 24.6 Å². The van der Waals surface area contributed by atoms with Gasteiger partial charge in [0.1, 0.15) is 17.0 Å². The number of hydrogen-bond acceptors (Lipinski definition) is 6. The quantitative estimate of drug-likeness (QED) is 0.691. The second-order valence-electron chi connectivity index (χ2n) is 6.99. The Bertz CT molecular complexity index is 939. The van der Waals surface area contributed by atoms with E-state index in [-0.39, 0.29) is 0 Å². The van der Waals surface area contributed by atoms with Crippen molar-refractivity contribution >= 4 is 11.2 Å². The highest BCUT2D eigenvalue weighted by Crippen LogP contribution is 2.32. The third-order valence-electron chi connectivity index (χ3n) is 5.26. The second kappa shape index (κ2) is 7.52. The van der Waals surface area contributed by atoms with Gasteiger partial charge in [-0.05, 0) is 37.6 Å². The molecule has 3 heterocycles. The minimum absolute atomic E-state index is 0.357. The number of hydrogen-bond donors (Lipinski definition) is 0. The van der Waals surface area contributed by atoms with E-state index >= 15 is 0 Å². The zero-order valence-corrected chi connectivity index (χ0v) is 16.1. The fourth-order valence-electron chi connectivity index (χ4n) is 3.95. The summed E-state index contributed by atoms with van der Waals surface area (Å²) in [5, 5.41) is 4.74. The molecule has 1 aliphatic heterocycles. The van der Waals surface area contributed by atoms with Gasteiger partial charge >= 0.3 is 0 Å². The van der Waals surface area contributed by atoms with Gasteiger partial charge in [0.2, 0.25) is 0 Å². The van der Waals surface area contributed by atoms with Gasteiger partial charge in [0.05, 0.1) is 19.9 Å². The number of fused-ring (bicyclic) bond motifs is 1. The maximum Gasteiger partial charge on any atom is 0.176 e. The summed E-state index contributed by atoms with van der Waals surface area (Å²) in [7, 11) is 5.33. The average Bonchev–Trinajstić information content (AvgIpc) is 3.05. The summed E-state index contributed by atoms with van der Waals surface area (Å²) in [5.41, 5.74) is 3.97. The lowest BCUT2D eigenvalue weighted by atomic mass is 9.94. The van der Waals surface area contributed by atoms with E-state index in [0.717, 1.165) is 66.4 Å². The Kier molecular flexibility index (Phi) is 4.94. The SMILES string of the molecule is COc1ccc(OC)c(CN2CCC[C@H](c3nn(C)c4nccnc34)C2)c1. The Morgan fingerprint density at radius 1 is 1.15 bits per heavy atom. The highest BCUT2D eigenvalue weighted by molar-refractivity contribution is 5.73. The topological polar surface area (TPSA) is 65.3 Å². The van der Waals surface area contributed by atoms with Crippen LogP contribution in [0.15, 0.2) is 30.6 Å². The number of methoxy groups -OCH3 is 2. The molecule has 3 aromatic rings. The third kappa shape index (κ3) is 3.47.